The molecule has 0 aliphatic heterocycles. The summed E-state index contributed by atoms with van der Waals surface area (Å²) < 4.78 is 11.6. The number of carbonyl (C=O) groups excluding carboxylic acids is 1. The molecule has 1 aromatic heterocycles. The molecule has 0 atom stereocenters. The van der Waals surface area contributed by atoms with E-state index in [2.05, 4.69) is 21.7 Å². The fourth-order valence-corrected chi connectivity index (χ4v) is 4.28. The van der Waals surface area contributed by atoms with E-state index < -0.39 is 0 Å². The number of thiocarbonyl (C=S) groups is 1. The number of hydrogen-bond acceptors (Lipinski definition) is 6. The number of ether oxygens (including phenoxy) is 2. The number of fused-ring (bicyclic) bond motifs is 1. The molecule has 0 saturated heterocycles. The van der Waals surface area contributed by atoms with Gasteiger partial charge >= 0.3 is 0 Å². The second-order valence-electron chi connectivity index (χ2n) is 6.89. The lowest BCUT2D eigenvalue weighted by Gasteiger charge is -2.12. The van der Waals surface area contributed by atoms with Crippen molar-refractivity contribution in [3.63, 3.8) is 0 Å². The Morgan fingerprint density at radius 2 is 1.81 bits per heavy atom. The topological polar surface area (TPSA) is 72.5 Å². The highest BCUT2D eigenvalue weighted by molar-refractivity contribution is 7.80. The molecule has 1 amide bonds. The molecule has 0 aliphatic rings. The van der Waals surface area contributed by atoms with Crippen molar-refractivity contribution < 1.29 is 14.3 Å². The molecule has 6 nitrogen and oxygen atoms in total. The van der Waals surface area contributed by atoms with Crippen molar-refractivity contribution in [2.24, 2.45) is 0 Å². The second-order valence-corrected chi connectivity index (χ2v) is 8.33. The Hall–Kier alpha value is -3.49. The monoisotopic (exact) mass is 463 g/mol. The maximum absolute atomic E-state index is 12.6. The maximum Gasteiger partial charge on any atom is 0.261 e. The lowest BCUT2D eigenvalue weighted by Crippen LogP contribution is -2.39. The summed E-state index contributed by atoms with van der Waals surface area (Å²) >= 11 is 6.95. The van der Waals surface area contributed by atoms with Crippen LogP contribution in [-0.2, 0) is 6.54 Å². The van der Waals surface area contributed by atoms with E-state index in [0.29, 0.717) is 23.6 Å². The molecular formula is C24H21N3O3S2. The molecule has 32 heavy (non-hydrogen) atoms. The average molecular weight is 464 g/mol. The number of benzene rings is 3. The molecule has 0 fully saturated rings. The lowest BCUT2D eigenvalue weighted by molar-refractivity contribution is 0.0973. The first-order valence-corrected chi connectivity index (χ1v) is 11.1. The number of carbonyl (C=O) groups is 1. The van der Waals surface area contributed by atoms with Crippen LogP contribution < -0.4 is 20.1 Å². The summed E-state index contributed by atoms with van der Waals surface area (Å²) in [5, 5.41) is 6.97. The summed E-state index contributed by atoms with van der Waals surface area (Å²) in [6.07, 6.45) is 0. The first-order valence-electron chi connectivity index (χ1n) is 9.83. The summed E-state index contributed by atoms with van der Waals surface area (Å²) in [7, 11) is 3.05. The molecule has 0 bridgehead atoms. The second kappa shape index (κ2) is 9.76. The van der Waals surface area contributed by atoms with E-state index in [1.165, 1.54) is 11.8 Å². The van der Waals surface area contributed by atoms with Crippen LogP contribution in [0.5, 0.6) is 11.5 Å². The Morgan fingerprint density at radius 3 is 2.53 bits per heavy atom. The molecule has 3 aromatic carbocycles. The van der Waals surface area contributed by atoms with E-state index in [-0.39, 0.29) is 11.0 Å². The van der Waals surface area contributed by atoms with E-state index in [1.54, 1.807) is 36.6 Å². The molecule has 0 saturated carbocycles. The highest BCUT2D eigenvalue weighted by Gasteiger charge is 2.14. The third-order valence-electron chi connectivity index (χ3n) is 4.83. The number of rotatable bonds is 6. The molecule has 162 valence electrons. The van der Waals surface area contributed by atoms with Gasteiger partial charge in [0.2, 0.25) is 0 Å². The predicted octanol–water partition coefficient (Wildman–Crippen LogP) is 4.79. The average Bonchev–Trinajstić information content (AvgIpc) is 3.27. The van der Waals surface area contributed by atoms with E-state index >= 15 is 0 Å². The quantitative estimate of drug-likeness (QED) is 0.401. The minimum atomic E-state index is -0.354. The zero-order valence-electron chi connectivity index (χ0n) is 17.5. The molecule has 0 unspecified atom stereocenters. The van der Waals surface area contributed by atoms with Crippen molar-refractivity contribution >= 4 is 44.8 Å². The first-order chi connectivity index (χ1) is 15.6. The summed E-state index contributed by atoms with van der Waals surface area (Å²) in [5.74, 6) is 0.664. The van der Waals surface area contributed by atoms with Gasteiger partial charge in [0.05, 0.1) is 30.0 Å². The largest absolute Gasteiger partial charge is 0.497 e. The van der Waals surface area contributed by atoms with Crippen LogP contribution >= 0.6 is 23.6 Å². The molecule has 0 aliphatic carbocycles. The molecule has 0 spiro atoms. The number of hydrogen-bond donors (Lipinski definition) is 2. The van der Waals surface area contributed by atoms with Crippen molar-refractivity contribution in [1.82, 2.24) is 15.6 Å². The van der Waals surface area contributed by atoms with Crippen LogP contribution in [0.2, 0.25) is 0 Å². The van der Waals surface area contributed by atoms with E-state index in [9.17, 15) is 4.79 Å². The lowest BCUT2D eigenvalue weighted by atomic mass is 10.1. The Balaban J connectivity index is 1.35. The van der Waals surface area contributed by atoms with Crippen LogP contribution in [0.4, 0.5) is 0 Å². The Morgan fingerprint density at radius 1 is 1.03 bits per heavy atom. The highest BCUT2D eigenvalue weighted by Crippen LogP contribution is 2.30. The van der Waals surface area contributed by atoms with E-state index in [1.807, 2.05) is 42.5 Å². The summed E-state index contributed by atoms with van der Waals surface area (Å²) in [5.41, 5.74) is 3.48. The van der Waals surface area contributed by atoms with Gasteiger partial charge in [0.1, 0.15) is 16.5 Å². The standard InChI is InChI=1S/C24H21N3O3S2/c1-29-17-11-12-18(20(13-17)30-2)22(28)27-24(31)25-14-15-7-9-16(10-8-15)23-26-19-5-3-4-6-21(19)32-23/h3-13H,14H2,1-2H3,(H2,25,27,28,31). The van der Waals surface area contributed by atoms with Gasteiger partial charge in [-0.05, 0) is 42.0 Å². The van der Waals surface area contributed by atoms with Gasteiger partial charge in [-0.3, -0.25) is 10.1 Å². The summed E-state index contributed by atoms with van der Waals surface area (Å²) in [6.45, 7) is 0.485. The fraction of sp³-hybridized carbons (Fsp3) is 0.125. The fourth-order valence-electron chi connectivity index (χ4n) is 3.14. The molecule has 8 heteroatoms. The molecule has 0 radical (unpaired) electrons. The van der Waals surface area contributed by atoms with Gasteiger partial charge in [-0.1, -0.05) is 36.4 Å². The predicted molar refractivity (Wildman–Crippen MR) is 132 cm³/mol. The van der Waals surface area contributed by atoms with Gasteiger partial charge in [0.15, 0.2) is 5.11 Å². The molecule has 4 rings (SSSR count). The molecule has 1 heterocycles. The zero-order chi connectivity index (χ0) is 22.5. The Bertz CT molecular complexity index is 1240. The molecule has 2 N–H and O–H groups in total. The number of nitrogens with one attached hydrogen (secondary N) is 2. The van der Waals surface area contributed by atoms with Crippen molar-refractivity contribution in [3.8, 4) is 22.1 Å². The maximum atomic E-state index is 12.6. The van der Waals surface area contributed by atoms with Crippen molar-refractivity contribution in [2.45, 2.75) is 6.54 Å². The van der Waals surface area contributed by atoms with E-state index in [0.717, 1.165) is 21.7 Å². The van der Waals surface area contributed by atoms with Crippen LogP contribution in [0.25, 0.3) is 20.8 Å². The normalized spacial score (nSPS) is 10.6. The van der Waals surface area contributed by atoms with Crippen LogP contribution in [-0.4, -0.2) is 30.2 Å². The van der Waals surface area contributed by atoms with Crippen molar-refractivity contribution in [3.05, 3.63) is 77.9 Å². The minimum absolute atomic E-state index is 0.239. The third kappa shape index (κ3) is 4.87. The van der Waals surface area contributed by atoms with Crippen LogP contribution in [0.1, 0.15) is 15.9 Å². The van der Waals surface area contributed by atoms with Crippen LogP contribution in [0, 0.1) is 0 Å². The number of aromatic nitrogens is 1. The van der Waals surface area contributed by atoms with Gasteiger partial charge in [-0.25, -0.2) is 4.98 Å². The molecule has 4 aromatic rings. The van der Waals surface area contributed by atoms with Crippen LogP contribution in [0.15, 0.2) is 66.7 Å². The summed E-state index contributed by atoms with van der Waals surface area (Å²) in [4.78, 5) is 17.2. The van der Waals surface area contributed by atoms with Gasteiger partial charge in [0, 0.05) is 18.2 Å². The molecular weight excluding hydrogens is 442 g/mol. The number of methoxy groups -OCH3 is 2. The van der Waals surface area contributed by atoms with Crippen molar-refractivity contribution in [1.29, 1.82) is 0 Å². The van der Waals surface area contributed by atoms with Gasteiger partial charge < -0.3 is 14.8 Å². The van der Waals surface area contributed by atoms with E-state index in [4.69, 9.17) is 21.7 Å². The summed E-state index contributed by atoms with van der Waals surface area (Å²) in [6, 6.07) is 21.2. The Labute approximate surface area is 195 Å². The van der Waals surface area contributed by atoms with Gasteiger partial charge in [-0.15, -0.1) is 11.3 Å². The van der Waals surface area contributed by atoms with Crippen LogP contribution in [0.3, 0.4) is 0 Å². The van der Waals surface area contributed by atoms with Gasteiger partial charge in [0.25, 0.3) is 5.91 Å². The number of thiazole rings is 1. The first kappa shape index (κ1) is 21.7. The smallest absolute Gasteiger partial charge is 0.261 e. The Kier molecular flexibility index (Phi) is 6.63. The zero-order valence-corrected chi connectivity index (χ0v) is 19.2. The SMILES string of the molecule is COc1ccc(C(=O)NC(=S)NCc2ccc(-c3nc4ccccc4s3)cc2)c(OC)c1. The highest BCUT2D eigenvalue weighted by atomic mass is 32.1. The van der Waals surface area contributed by atoms with Gasteiger partial charge in [-0.2, -0.15) is 0 Å². The number of para-hydroxylation sites is 1. The van der Waals surface area contributed by atoms with Crippen molar-refractivity contribution in [2.75, 3.05) is 14.2 Å². The number of amides is 1. The number of nitrogens with zero attached hydrogens (tertiary/aromatic N) is 1. The third-order valence-corrected chi connectivity index (χ3v) is 6.16. The minimum Gasteiger partial charge on any atom is -0.497 e.